The van der Waals surface area contributed by atoms with Crippen LogP contribution < -0.4 is 11.1 Å². The van der Waals surface area contributed by atoms with Crippen molar-refractivity contribution in [1.82, 2.24) is 9.55 Å². The van der Waals surface area contributed by atoms with E-state index in [-0.39, 0.29) is 12.5 Å². The minimum atomic E-state index is -0.614. The summed E-state index contributed by atoms with van der Waals surface area (Å²) in [6.45, 7) is 1.66. The van der Waals surface area contributed by atoms with Crippen LogP contribution in [-0.4, -0.2) is 15.5 Å². The highest BCUT2D eigenvalue weighted by Crippen LogP contribution is 2.19. The van der Waals surface area contributed by atoms with Crippen LogP contribution in [0.25, 0.3) is 11.2 Å². The highest BCUT2D eigenvalue weighted by atomic mass is 35.5. The molecule has 0 bridgehead atoms. The fourth-order valence-corrected chi connectivity index (χ4v) is 2.37. The average Bonchev–Trinajstić information content (AvgIpc) is 2.78. The van der Waals surface area contributed by atoms with Crippen molar-refractivity contribution < 1.29 is 9.21 Å². The Morgan fingerprint density at radius 3 is 3.00 bits per heavy atom. The summed E-state index contributed by atoms with van der Waals surface area (Å²) in [5.74, 6) is -0.961. The molecule has 0 saturated heterocycles. The maximum atomic E-state index is 12.1. The zero-order valence-corrected chi connectivity index (χ0v) is 12.4. The van der Waals surface area contributed by atoms with Crippen LogP contribution in [0.2, 0.25) is 5.02 Å². The van der Waals surface area contributed by atoms with Crippen LogP contribution in [0.15, 0.2) is 45.7 Å². The Kier molecular flexibility index (Phi) is 3.68. The van der Waals surface area contributed by atoms with Gasteiger partial charge in [-0.1, -0.05) is 11.6 Å². The second kappa shape index (κ2) is 5.65. The molecule has 0 unspecified atom stereocenters. The number of aromatic nitrogens is 2. The smallest absolute Gasteiger partial charge is 0.406 e. The van der Waals surface area contributed by atoms with Crippen molar-refractivity contribution >= 4 is 34.4 Å². The van der Waals surface area contributed by atoms with Gasteiger partial charge in [-0.2, -0.15) is 0 Å². The Bertz CT molecular complexity index is 914. The van der Waals surface area contributed by atoms with E-state index in [1.165, 1.54) is 10.8 Å². The van der Waals surface area contributed by atoms with Gasteiger partial charge in [0.1, 0.15) is 6.54 Å². The Labute approximate surface area is 130 Å². The average molecular weight is 318 g/mol. The molecule has 2 heterocycles. The fraction of sp³-hybridized carbons (Fsp3) is 0.133. The number of pyridine rings is 1. The highest BCUT2D eigenvalue weighted by molar-refractivity contribution is 6.30. The SMILES string of the molecule is Cc1cc(Cl)ccc1NC(=O)Cn1c(=O)oc2cccnc21. The summed E-state index contributed by atoms with van der Waals surface area (Å²) in [5.41, 5.74) is 2.17. The molecule has 22 heavy (non-hydrogen) atoms. The third-order valence-corrected chi connectivity index (χ3v) is 3.42. The van der Waals surface area contributed by atoms with Crippen LogP contribution in [-0.2, 0) is 11.3 Å². The highest BCUT2D eigenvalue weighted by Gasteiger charge is 2.14. The molecule has 0 radical (unpaired) electrons. The molecule has 0 spiro atoms. The molecule has 0 saturated carbocycles. The lowest BCUT2D eigenvalue weighted by Crippen LogP contribution is -2.25. The number of hydrogen-bond donors (Lipinski definition) is 1. The summed E-state index contributed by atoms with van der Waals surface area (Å²) in [4.78, 5) is 28.0. The topological polar surface area (TPSA) is 77.1 Å². The van der Waals surface area contributed by atoms with Crippen LogP contribution >= 0.6 is 11.6 Å². The summed E-state index contributed by atoms with van der Waals surface area (Å²) < 4.78 is 6.23. The maximum Gasteiger partial charge on any atom is 0.421 e. The van der Waals surface area contributed by atoms with Crippen molar-refractivity contribution in [3.63, 3.8) is 0 Å². The standard InChI is InChI=1S/C15H12ClN3O3/c1-9-7-10(16)4-5-11(9)18-13(20)8-19-14-12(22-15(19)21)3-2-6-17-14/h2-7H,8H2,1H3,(H,18,20). The Morgan fingerprint density at radius 1 is 1.41 bits per heavy atom. The number of rotatable bonds is 3. The van der Waals surface area contributed by atoms with Gasteiger partial charge in [0.15, 0.2) is 11.2 Å². The molecule has 0 aliphatic rings. The van der Waals surface area contributed by atoms with Crippen LogP contribution in [0, 0.1) is 6.92 Å². The van der Waals surface area contributed by atoms with E-state index in [4.69, 9.17) is 16.0 Å². The van der Waals surface area contributed by atoms with Gasteiger partial charge in [0.2, 0.25) is 5.91 Å². The first-order chi connectivity index (χ1) is 10.5. The number of hydrogen-bond acceptors (Lipinski definition) is 4. The quantitative estimate of drug-likeness (QED) is 0.805. The maximum absolute atomic E-state index is 12.1. The van der Waals surface area contributed by atoms with Crippen LogP contribution in [0.1, 0.15) is 5.56 Å². The van der Waals surface area contributed by atoms with E-state index in [9.17, 15) is 9.59 Å². The monoisotopic (exact) mass is 317 g/mol. The Morgan fingerprint density at radius 2 is 2.23 bits per heavy atom. The van der Waals surface area contributed by atoms with Crippen LogP contribution in [0.4, 0.5) is 5.69 Å². The molecule has 3 aromatic rings. The Balaban J connectivity index is 1.84. The summed E-state index contributed by atoms with van der Waals surface area (Å²) in [7, 11) is 0. The predicted molar refractivity (Wildman–Crippen MR) is 83.1 cm³/mol. The van der Waals surface area contributed by atoms with Crippen molar-refractivity contribution in [3.8, 4) is 0 Å². The molecular weight excluding hydrogens is 306 g/mol. The van der Waals surface area contributed by atoms with E-state index < -0.39 is 5.76 Å². The predicted octanol–water partition coefficient (Wildman–Crippen LogP) is 2.59. The number of halogens is 1. The minimum absolute atomic E-state index is 0.176. The third-order valence-electron chi connectivity index (χ3n) is 3.19. The zero-order valence-electron chi connectivity index (χ0n) is 11.7. The minimum Gasteiger partial charge on any atom is -0.406 e. The lowest BCUT2D eigenvalue weighted by molar-refractivity contribution is -0.116. The van der Waals surface area contributed by atoms with Gasteiger partial charge in [-0.05, 0) is 42.8 Å². The lowest BCUT2D eigenvalue weighted by atomic mass is 10.2. The van der Waals surface area contributed by atoms with Crippen molar-refractivity contribution in [2.24, 2.45) is 0 Å². The molecular formula is C15H12ClN3O3. The van der Waals surface area contributed by atoms with Gasteiger partial charge < -0.3 is 9.73 Å². The molecule has 2 aromatic heterocycles. The fourth-order valence-electron chi connectivity index (χ4n) is 2.14. The molecule has 0 aliphatic carbocycles. The number of nitrogens with one attached hydrogen (secondary N) is 1. The molecule has 1 amide bonds. The van der Waals surface area contributed by atoms with E-state index in [1.54, 1.807) is 30.3 Å². The van der Waals surface area contributed by atoms with Gasteiger partial charge in [-0.15, -0.1) is 0 Å². The number of anilines is 1. The summed E-state index contributed by atoms with van der Waals surface area (Å²) in [5, 5.41) is 3.34. The van der Waals surface area contributed by atoms with Gasteiger partial charge in [-0.25, -0.2) is 14.3 Å². The van der Waals surface area contributed by atoms with Crippen molar-refractivity contribution in [1.29, 1.82) is 0 Å². The van der Waals surface area contributed by atoms with Gasteiger partial charge in [0, 0.05) is 16.9 Å². The second-order valence-corrected chi connectivity index (χ2v) is 5.22. The third kappa shape index (κ3) is 2.73. The summed E-state index contributed by atoms with van der Waals surface area (Å²) >= 11 is 5.88. The van der Waals surface area contributed by atoms with Gasteiger partial charge in [0.05, 0.1) is 0 Å². The zero-order chi connectivity index (χ0) is 15.7. The van der Waals surface area contributed by atoms with Crippen molar-refractivity contribution in [3.05, 3.63) is 57.7 Å². The van der Waals surface area contributed by atoms with Gasteiger partial charge in [0.25, 0.3) is 0 Å². The molecule has 1 aromatic carbocycles. The molecule has 112 valence electrons. The van der Waals surface area contributed by atoms with Crippen molar-refractivity contribution in [2.75, 3.05) is 5.32 Å². The molecule has 0 aliphatic heterocycles. The number of aryl methyl sites for hydroxylation is 1. The largest absolute Gasteiger partial charge is 0.421 e. The number of fused-ring (bicyclic) bond motifs is 1. The Hall–Kier alpha value is -2.60. The van der Waals surface area contributed by atoms with Gasteiger partial charge >= 0.3 is 5.76 Å². The first-order valence-electron chi connectivity index (χ1n) is 6.55. The summed E-state index contributed by atoms with van der Waals surface area (Å²) in [6, 6.07) is 8.43. The van der Waals surface area contributed by atoms with E-state index in [0.717, 1.165) is 5.56 Å². The molecule has 0 fully saturated rings. The van der Waals surface area contributed by atoms with Crippen LogP contribution in [0.3, 0.4) is 0 Å². The normalized spacial score (nSPS) is 10.8. The number of oxazole rings is 1. The van der Waals surface area contributed by atoms with E-state index >= 15 is 0 Å². The van der Waals surface area contributed by atoms with E-state index in [1.807, 2.05) is 6.92 Å². The molecule has 3 rings (SSSR count). The molecule has 1 N–H and O–H groups in total. The number of carbonyl (C=O) groups is 1. The molecule has 6 nitrogen and oxygen atoms in total. The lowest BCUT2D eigenvalue weighted by Gasteiger charge is -2.08. The number of benzene rings is 1. The summed E-state index contributed by atoms with van der Waals surface area (Å²) in [6.07, 6.45) is 1.54. The molecule has 7 heteroatoms. The molecule has 0 atom stereocenters. The first-order valence-corrected chi connectivity index (χ1v) is 6.93. The van der Waals surface area contributed by atoms with E-state index in [2.05, 4.69) is 10.3 Å². The van der Waals surface area contributed by atoms with Crippen LogP contribution in [0.5, 0.6) is 0 Å². The second-order valence-electron chi connectivity index (χ2n) is 4.79. The van der Waals surface area contributed by atoms with Gasteiger partial charge in [-0.3, -0.25) is 4.79 Å². The van der Waals surface area contributed by atoms with E-state index in [0.29, 0.717) is 21.9 Å². The van der Waals surface area contributed by atoms with Crippen molar-refractivity contribution in [2.45, 2.75) is 13.5 Å². The number of carbonyl (C=O) groups excluding carboxylic acids is 1. The number of nitrogens with zero attached hydrogens (tertiary/aromatic N) is 2. The first kappa shape index (κ1) is 14.3. The number of amides is 1.